The summed E-state index contributed by atoms with van der Waals surface area (Å²) in [6.45, 7) is -5.31. The van der Waals surface area contributed by atoms with Gasteiger partial charge in [-0.05, 0) is 0 Å². The van der Waals surface area contributed by atoms with Gasteiger partial charge in [0.1, 0.15) is 26.1 Å². The molecule has 0 aromatic rings. The Bertz CT molecular complexity index is 309. The first-order valence-corrected chi connectivity index (χ1v) is 6.89. The molecule has 0 aliphatic carbocycles. The summed E-state index contributed by atoms with van der Waals surface area (Å²) in [6, 6.07) is 0. The van der Waals surface area contributed by atoms with Crippen molar-refractivity contribution in [2.24, 2.45) is 0 Å². The monoisotopic (exact) mass is 370 g/mol. The molecule has 0 aromatic heterocycles. The number of ether oxygens (including phenoxy) is 5. The zero-order chi connectivity index (χ0) is 18.5. The summed E-state index contributed by atoms with van der Waals surface area (Å²) in [7, 11) is 0. The standard InChI is InChI=1S/C12H22F4O8/c13-11(14,7-22-6-10(19)5-20-3-1-17)24-12(15,16)8-23-9-21-4-2-18/h10,17-19H,1-9H2. The van der Waals surface area contributed by atoms with E-state index in [1.54, 1.807) is 0 Å². The molecule has 1 unspecified atom stereocenters. The zero-order valence-electron chi connectivity index (χ0n) is 12.8. The van der Waals surface area contributed by atoms with Gasteiger partial charge in [0.05, 0.1) is 39.6 Å². The van der Waals surface area contributed by atoms with E-state index in [1.165, 1.54) is 0 Å². The van der Waals surface area contributed by atoms with Crippen molar-refractivity contribution in [1.29, 1.82) is 0 Å². The largest absolute Gasteiger partial charge is 0.394 e. The van der Waals surface area contributed by atoms with Gasteiger partial charge in [0, 0.05) is 0 Å². The molecule has 0 bridgehead atoms. The Hall–Kier alpha value is -0.600. The van der Waals surface area contributed by atoms with Crippen molar-refractivity contribution in [3.63, 3.8) is 0 Å². The van der Waals surface area contributed by atoms with Gasteiger partial charge in [0.2, 0.25) is 0 Å². The van der Waals surface area contributed by atoms with E-state index in [-0.39, 0.29) is 33.0 Å². The summed E-state index contributed by atoms with van der Waals surface area (Å²) in [5.41, 5.74) is 0. The summed E-state index contributed by atoms with van der Waals surface area (Å²) in [5, 5.41) is 26.1. The van der Waals surface area contributed by atoms with Gasteiger partial charge in [0.15, 0.2) is 0 Å². The van der Waals surface area contributed by atoms with E-state index in [0.717, 1.165) is 0 Å². The van der Waals surface area contributed by atoms with Crippen LogP contribution in [0.15, 0.2) is 0 Å². The normalized spacial score (nSPS) is 14.1. The highest BCUT2D eigenvalue weighted by Gasteiger charge is 2.44. The molecule has 0 saturated heterocycles. The van der Waals surface area contributed by atoms with E-state index in [4.69, 9.17) is 14.9 Å². The molecule has 0 amide bonds. The quantitative estimate of drug-likeness (QED) is 0.191. The Balaban J connectivity index is 3.95. The number of alkyl halides is 4. The average molecular weight is 370 g/mol. The van der Waals surface area contributed by atoms with E-state index >= 15 is 0 Å². The van der Waals surface area contributed by atoms with E-state index in [9.17, 15) is 22.7 Å². The lowest BCUT2D eigenvalue weighted by molar-refractivity contribution is -0.396. The van der Waals surface area contributed by atoms with Crippen molar-refractivity contribution in [2.45, 2.75) is 18.3 Å². The molecule has 0 heterocycles. The SMILES string of the molecule is OCCOCOCC(F)(F)OC(F)(F)COCC(O)COCCO. The summed E-state index contributed by atoms with van der Waals surface area (Å²) in [4.78, 5) is 0. The van der Waals surface area contributed by atoms with Crippen LogP contribution in [0.5, 0.6) is 0 Å². The molecule has 0 fully saturated rings. The van der Waals surface area contributed by atoms with Gasteiger partial charge in [0.25, 0.3) is 0 Å². The molecule has 0 aromatic carbocycles. The number of aliphatic hydroxyl groups excluding tert-OH is 3. The Labute approximate surface area is 135 Å². The second-order valence-electron chi connectivity index (χ2n) is 4.44. The fourth-order valence-corrected chi connectivity index (χ4v) is 1.27. The Kier molecular flexibility index (Phi) is 12.4. The molecule has 0 aliphatic rings. The third-order valence-corrected chi connectivity index (χ3v) is 2.10. The molecule has 24 heavy (non-hydrogen) atoms. The van der Waals surface area contributed by atoms with E-state index < -0.39 is 44.9 Å². The first-order valence-electron chi connectivity index (χ1n) is 6.89. The first-order chi connectivity index (χ1) is 11.2. The van der Waals surface area contributed by atoms with Crippen molar-refractivity contribution in [1.82, 2.24) is 0 Å². The summed E-state index contributed by atoms with van der Waals surface area (Å²) >= 11 is 0. The van der Waals surface area contributed by atoms with Crippen LogP contribution in [-0.4, -0.2) is 93.3 Å². The predicted octanol–water partition coefficient (Wildman–Crippen LogP) is -0.442. The second kappa shape index (κ2) is 12.7. The predicted molar refractivity (Wildman–Crippen MR) is 69.6 cm³/mol. The molecule has 1 atom stereocenters. The first kappa shape index (κ1) is 23.4. The lowest BCUT2D eigenvalue weighted by atomic mass is 10.4. The Morgan fingerprint density at radius 1 is 0.750 bits per heavy atom. The van der Waals surface area contributed by atoms with Gasteiger partial charge in [-0.15, -0.1) is 0 Å². The van der Waals surface area contributed by atoms with Crippen molar-refractivity contribution in [2.75, 3.05) is 59.6 Å². The molecular formula is C12H22F4O8. The minimum atomic E-state index is -4.31. The smallest absolute Gasteiger partial charge is 0.383 e. The van der Waals surface area contributed by atoms with Crippen molar-refractivity contribution >= 4 is 0 Å². The molecule has 0 radical (unpaired) electrons. The van der Waals surface area contributed by atoms with Crippen molar-refractivity contribution in [3.8, 4) is 0 Å². The summed E-state index contributed by atoms with van der Waals surface area (Å²) in [5.74, 6) is 0. The number of rotatable bonds is 16. The van der Waals surface area contributed by atoms with E-state index in [2.05, 4.69) is 18.9 Å². The Morgan fingerprint density at radius 2 is 1.25 bits per heavy atom. The van der Waals surface area contributed by atoms with Crippen LogP contribution in [0.3, 0.4) is 0 Å². The van der Waals surface area contributed by atoms with Crippen LogP contribution < -0.4 is 0 Å². The molecule has 0 aliphatic heterocycles. The van der Waals surface area contributed by atoms with Crippen LogP contribution in [0.25, 0.3) is 0 Å². The Morgan fingerprint density at radius 3 is 1.83 bits per heavy atom. The minimum Gasteiger partial charge on any atom is -0.394 e. The zero-order valence-corrected chi connectivity index (χ0v) is 12.8. The fourth-order valence-electron chi connectivity index (χ4n) is 1.27. The highest BCUT2D eigenvalue weighted by atomic mass is 19.3. The number of hydrogen-bond acceptors (Lipinski definition) is 8. The maximum atomic E-state index is 13.2. The summed E-state index contributed by atoms with van der Waals surface area (Å²) < 4.78 is 74.0. The lowest BCUT2D eigenvalue weighted by Gasteiger charge is -2.23. The third-order valence-electron chi connectivity index (χ3n) is 2.10. The number of hydrogen-bond donors (Lipinski definition) is 3. The summed E-state index contributed by atoms with van der Waals surface area (Å²) in [6.07, 6.45) is -9.87. The maximum absolute atomic E-state index is 13.2. The highest BCUT2D eigenvalue weighted by molar-refractivity contribution is 4.60. The molecule has 3 N–H and O–H groups in total. The van der Waals surface area contributed by atoms with Gasteiger partial charge >= 0.3 is 12.2 Å². The lowest BCUT2D eigenvalue weighted by Crippen LogP contribution is -2.40. The van der Waals surface area contributed by atoms with Crippen LogP contribution >= 0.6 is 0 Å². The van der Waals surface area contributed by atoms with Gasteiger partial charge in [-0.25, -0.2) is 0 Å². The second-order valence-corrected chi connectivity index (χ2v) is 4.44. The molecular weight excluding hydrogens is 348 g/mol. The third kappa shape index (κ3) is 13.8. The molecule has 12 heteroatoms. The topological polar surface area (TPSA) is 107 Å². The maximum Gasteiger partial charge on any atom is 0.383 e. The molecule has 8 nitrogen and oxygen atoms in total. The van der Waals surface area contributed by atoms with Crippen molar-refractivity contribution in [3.05, 3.63) is 0 Å². The average Bonchev–Trinajstić information content (AvgIpc) is 2.45. The fraction of sp³-hybridized carbons (Fsp3) is 1.00. The molecule has 0 rings (SSSR count). The minimum absolute atomic E-state index is 0.0510. The van der Waals surface area contributed by atoms with Crippen LogP contribution in [-0.2, 0) is 23.7 Å². The van der Waals surface area contributed by atoms with Gasteiger partial charge in [-0.3, -0.25) is 4.74 Å². The van der Waals surface area contributed by atoms with Crippen molar-refractivity contribution < 1.29 is 56.6 Å². The molecule has 0 saturated carbocycles. The molecule has 146 valence electrons. The van der Waals surface area contributed by atoms with Gasteiger partial charge in [-0.2, -0.15) is 17.6 Å². The van der Waals surface area contributed by atoms with Gasteiger partial charge in [-0.1, -0.05) is 0 Å². The van der Waals surface area contributed by atoms with Gasteiger partial charge < -0.3 is 34.3 Å². The highest BCUT2D eigenvalue weighted by Crippen LogP contribution is 2.27. The number of aliphatic hydroxyl groups is 3. The van der Waals surface area contributed by atoms with Crippen LogP contribution in [0.4, 0.5) is 17.6 Å². The molecule has 0 spiro atoms. The van der Waals surface area contributed by atoms with E-state index in [1.807, 2.05) is 0 Å². The van der Waals surface area contributed by atoms with Crippen LogP contribution in [0.1, 0.15) is 0 Å². The number of halogens is 4. The van der Waals surface area contributed by atoms with Crippen LogP contribution in [0.2, 0.25) is 0 Å². The van der Waals surface area contributed by atoms with E-state index in [0.29, 0.717) is 0 Å². The van der Waals surface area contributed by atoms with Crippen LogP contribution in [0, 0.1) is 0 Å².